The van der Waals surface area contributed by atoms with Gasteiger partial charge >= 0.3 is 0 Å². The number of rotatable bonds is 5. The summed E-state index contributed by atoms with van der Waals surface area (Å²) in [7, 11) is 0. The standard InChI is InChI=1S/C19H22INO/c1-13-8-14(2)10-16(9-13)11-15(3)12-19(22)21-18-7-5-4-6-17(18)20/h4-10,15H,11-12H2,1-3H3,(H,21,22)/t15-/m0/s1. The number of hydrogen-bond donors (Lipinski definition) is 1. The summed E-state index contributed by atoms with van der Waals surface area (Å²) in [5.74, 6) is 0.406. The van der Waals surface area contributed by atoms with Crippen molar-refractivity contribution in [3.63, 3.8) is 0 Å². The van der Waals surface area contributed by atoms with E-state index in [0.29, 0.717) is 12.3 Å². The molecule has 1 amide bonds. The van der Waals surface area contributed by atoms with E-state index in [4.69, 9.17) is 0 Å². The quantitative estimate of drug-likeness (QED) is 0.686. The van der Waals surface area contributed by atoms with Crippen molar-refractivity contribution in [1.82, 2.24) is 0 Å². The molecule has 2 nitrogen and oxygen atoms in total. The van der Waals surface area contributed by atoms with Gasteiger partial charge in [0, 0.05) is 9.99 Å². The molecule has 0 aliphatic heterocycles. The van der Waals surface area contributed by atoms with E-state index in [9.17, 15) is 4.79 Å². The third-order valence-electron chi connectivity index (χ3n) is 3.55. The minimum absolute atomic E-state index is 0.0843. The Morgan fingerprint density at radius 3 is 2.41 bits per heavy atom. The van der Waals surface area contributed by atoms with Crippen molar-refractivity contribution < 1.29 is 4.79 Å². The van der Waals surface area contributed by atoms with E-state index in [2.05, 4.69) is 66.9 Å². The summed E-state index contributed by atoms with van der Waals surface area (Å²) in [6.45, 7) is 6.36. The number of carbonyl (C=O) groups excluding carboxylic acids is 1. The number of aryl methyl sites for hydroxylation is 2. The van der Waals surface area contributed by atoms with Gasteiger partial charge in [0.1, 0.15) is 0 Å². The van der Waals surface area contributed by atoms with Crippen molar-refractivity contribution in [1.29, 1.82) is 0 Å². The molecule has 1 N–H and O–H groups in total. The molecule has 0 fully saturated rings. The predicted octanol–water partition coefficient (Wildman–Crippen LogP) is 5.12. The molecule has 3 heteroatoms. The van der Waals surface area contributed by atoms with Crippen LogP contribution in [0.5, 0.6) is 0 Å². The second-order valence-corrected chi connectivity index (χ2v) is 7.20. The zero-order valence-corrected chi connectivity index (χ0v) is 15.5. The van der Waals surface area contributed by atoms with E-state index in [1.54, 1.807) is 0 Å². The Bertz CT molecular complexity index is 646. The number of anilines is 1. The highest BCUT2D eigenvalue weighted by Crippen LogP contribution is 2.19. The van der Waals surface area contributed by atoms with Gasteiger partial charge in [-0.3, -0.25) is 4.79 Å². The number of hydrogen-bond acceptors (Lipinski definition) is 1. The lowest BCUT2D eigenvalue weighted by Crippen LogP contribution is -2.17. The fourth-order valence-electron chi connectivity index (χ4n) is 2.74. The molecule has 22 heavy (non-hydrogen) atoms. The summed E-state index contributed by atoms with van der Waals surface area (Å²) < 4.78 is 1.07. The smallest absolute Gasteiger partial charge is 0.224 e. The molecule has 0 bridgehead atoms. The fourth-order valence-corrected chi connectivity index (χ4v) is 3.26. The molecule has 0 unspecified atom stereocenters. The van der Waals surface area contributed by atoms with Crippen LogP contribution in [0.2, 0.25) is 0 Å². The van der Waals surface area contributed by atoms with Crippen molar-refractivity contribution in [3.8, 4) is 0 Å². The molecule has 1 atom stereocenters. The second kappa shape index (κ2) is 7.77. The molecular formula is C19H22INO. The fraction of sp³-hybridized carbons (Fsp3) is 0.316. The molecule has 2 rings (SSSR count). The third-order valence-corrected chi connectivity index (χ3v) is 4.49. The number of halogens is 1. The van der Waals surface area contributed by atoms with Gasteiger partial charge in [-0.25, -0.2) is 0 Å². The average Bonchev–Trinajstić information content (AvgIpc) is 2.39. The first-order valence-corrected chi connectivity index (χ1v) is 8.63. The van der Waals surface area contributed by atoms with Gasteiger partial charge in [0.25, 0.3) is 0 Å². The summed E-state index contributed by atoms with van der Waals surface area (Å²) >= 11 is 2.24. The van der Waals surface area contributed by atoms with Gasteiger partial charge in [-0.2, -0.15) is 0 Å². The maximum Gasteiger partial charge on any atom is 0.224 e. The maximum absolute atomic E-state index is 12.2. The lowest BCUT2D eigenvalue weighted by molar-refractivity contribution is -0.116. The van der Waals surface area contributed by atoms with Gasteiger partial charge in [0.05, 0.1) is 5.69 Å². The van der Waals surface area contributed by atoms with Gasteiger partial charge < -0.3 is 5.32 Å². The lowest BCUT2D eigenvalue weighted by atomic mass is 9.95. The van der Waals surface area contributed by atoms with Crippen molar-refractivity contribution in [2.75, 3.05) is 5.32 Å². The maximum atomic E-state index is 12.2. The second-order valence-electron chi connectivity index (χ2n) is 6.04. The summed E-state index contributed by atoms with van der Waals surface area (Å²) in [6, 6.07) is 14.4. The Labute approximate surface area is 146 Å². The number of nitrogens with one attached hydrogen (secondary N) is 1. The van der Waals surface area contributed by atoms with Crippen LogP contribution in [0.4, 0.5) is 5.69 Å². The van der Waals surface area contributed by atoms with Gasteiger partial charge in [0.15, 0.2) is 0 Å². The Morgan fingerprint density at radius 2 is 1.77 bits per heavy atom. The monoisotopic (exact) mass is 407 g/mol. The van der Waals surface area contributed by atoms with E-state index in [0.717, 1.165) is 15.7 Å². The summed E-state index contributed by atoms with van der Waals surface area (Å²) in [4.78, 5) is 12.2. The minimum atomic E-state index is 0.0843. The molecule has 0 radical (unpaired) electrons. The highest BCUT2D eigenvalue weighted by molar-refractivity contribution is 14.1. The average molecular weight is 407 g/mol. The van der Waals surface area contributed by atoms with Crippen molar-refractivity contribution in [2.45, 2.75) is 33.6 Å². The molecule has 0 saturated carbocycles. The lowest BCUT2D eigenvalue weighted by Gasteiger charge is -2.13. The topological polar surface area (TPSA) is 29.1 Å². The normalized spacial score (nSPS) is 12.0. The summed E-state index contributed by atoms with van der Waals surface area (Å²) in [5, 5.41) is 3.00. The minimum Gasteiger partial charge on any atom is -0.325 e. The van der Waals surface area contributed by atoms with Gasteiger partial charge in [-0.1, -0.05) is 48.4 Å². The molecule has 0 spiro atoms. The van der Waals surface area contributed by atoms with Crippen molar-refractivity contribution in [3.05, 3.63) is 62.7 Å². The number of para-hydroxylation sites is 1. The zero-order valence-electron chi connectivity index (χ0n) is 13.3. The van der Waals surface area contributed by atoms with E-state index in [-0.39, 0.29) is 5.91 Å². The van der Waals surface area contributed by atoms with Gasteiger partial charge in [0.2, 0.25) is 5.91 Å². The van der Waals surface area contributed by atoms with Gasteiger partial charge in [-0.15, -0.1) is 0 Å². The highest BCUT2D eigenvalue weighted by atomic mass is 127. The van der Waals surface area contributed by atoms with Crippen molar-refractivity contribution in [2.24, 2.45) is 5.92 Å². The Hall–Kier alpha value is -1.36. The third kappa shape index (κ3) is 5.13. The van der Waals surface area contributed by atoms with E-state index >= 15 is 0 Å². The van der Waals surface area contributed by atoms with Crippen LogP contribution < -0.4 is 5.32 Å². The highest BCUT2D eigenvalue weighted by Gasteiger charge is 2.11. The van der Waals surface area contributed by atoms with Crippen LogP contribution in [0.25, 0.3) is 0 Å². The summed E-state index contributed by atoms with van der Waals surface area (Å²) in [5.41, 5.74) is 4.77. The molecule has 0 aliphatic carbocycles. The van der Waals surface area contributed by atoms with E-state index in [1.807, 2.05) is 24.3 Å². The van der Waals surface area contributed by atoms with Crippen LogP contribution in [0, 0.1) is 23.3 Å². The Balaban J connectivity index is 1.92. The Morgan fingerprint density at radius 1 is 1.14 bits per heavy atom. The SMILES string of the molecule is Cc1cc(C)cc(C[C@H](C)CC(=O)Nc2ccccc2I)c1. The first-order valence-electron chi connectivity index (χ1n) is 7.55. The van der Waals surface area contributed by atoms with Crippen LogP contribution in [0.1, 0.15) is 30.0 Å². The van der Waals surface area contributed by atoms with Crippen LogP contribution in [-0.2, 0) is 11.2 Å². The molecular weight excluding hydrogens is 385 g/mol. The molecule has 0 aliphatic rings. The van der Waals surface area contributed by atoms with E-state index in [1.165, 1.54) is 16.7 Å². The first kappa shape index (κ1) is 17.0. The number of benzene rings is 2. The van der Waals surface area contributed by atoms with Crippen LogP contribution in [0.15, 0.2) is 42.5 Å². The van der Waals surface area contributed by atoms with Gasteiger partial charge in [-0.05, 0) is 66.5 Å². The van der Waals surface area contributed by atoms with Crippen LogP contribution in [0.3, 0.4) is 0 Å². The molecule has 2 aromatic rings. The Kier molecular flexibility index (Phi) is 6.00. The molecule has 0 saturated heterocycles. The predicted molar refractivity (Wildman–Crippen MR) is 101 cm³/mol. The van der Waals surface area contributed by atoms with E-state index < -0.39 is 0 Å². The molecule has 0 heterocycles. The largest absolute Gasteiger partial charge is 0.325 e. The van der Waals surface area contributed by atoms with Crippen molar-refractivity contribution >= 4 is 34.2 Å². The first-order chi connectivity index (χ1) is 10.4. The summed E-state index contributed by atoms with van der Waals surface area (Å²) in [6.07, 6.45) is 1.47. The molecule has 0 aromatic heterocycles. The van der Waals surface area contributed by atoms with Crippen LogP contribution in [-0.4, -0.2) is 5.91 Å². The molecule has 116 valence electrons. The number of amides is 1. The zero-order chi connectivity index (χ0) is 16.1. The molecule has 2 aromatic carbocycles. The van der Waals surface area contributed by atoms with Crippen LogP contribution >= 0.6 is 22.6 Å². The number of carbonyl (C=O) groups is 1.